The van der Waals surface area contributed by atoms with Crippen LogP contribution in [0, 0.1) is 11.6 Å². The van der Waals surface area contributed by atoms with Crippen LogP contribution in [0.5, 0.6) is 11.5 Å². The van der Waals surface area contributed by atoms with Gasteiger partial charge in [0.15, 0.2) is 11.6 Å². The van der Waals surface area contributed by atoms with Gasteiger partial charge in [-0.3, -0.25) is 9.59 Å². The van der Waals surface area contributed by atoms with Crippen molar-refractivity contribution < 1.29 is 27.8 Å². The molecule has 32 heavy (non-hydrogen) atoms. The van der Waals surface area contributed by atoms with E-state index in [0.717, 1.165) is 12.1 Å². The summed E-state index contributed by atoms with van der Waals surface area (Å²) in [6, 6.07) is 15.1. The Morgan fingerprint density at radius 2 is 1.12 bits per heavy atom. The van der Waals surface area contributed by atoms with Gasteiger partial charge in [0.1, 0.15) is 23.1 Å². The van der Waals surface area contributed by atoms with Crippen LogP contribution in [0.4, 0.5) is 8.78 Å². The molecule has 0 saturated carbocycles. The van der Waals surface area contributed by atoms with E-state index in [1.165, 1.54) is 50.6 Å². The van der Waals surface area contributed by atoms with Crippen LogP contribution < -0.4 is 9.47 Å². The molecule has 4 nitrogen and oxygen atoms in total. The van der Waals surface area contributed by atoms with Gasteiger partial charge in [0.05, 0.1) is 25.3 Å². The van der Waals surface area contributed by atoms with Crippen LogP contribution >= 0.6 is 0 Å². The lowest BCUT2D eigenvalue weighted by atomic mass is 10.1. The fourth-order valence-electron chi connectivity index (χ4n) is 2.93. The summed E-state index contributed by atoms with van der Waals surface area (Å²) >= 11 is 0. The second kappa shape index (κ2) is 10.3. The predicted molar refractivity (Wildman–Crippen MR) is 119 cm³/mol. The van der Waals surface area contributed by atoms with Crippen molar-refractivity contribution in [3.63, 3.8) is 0 Å². The Kier molecular flexibility index (Phi) is 7.29. The Morgan fingerprint density at radius 1 is 0.688 bits per heavy atom. The molecule has 0 aliphatic heterocycles. The molecule has 0 aliphatic carbocycles. The van der Waals surface area contributed by atoms with Gasteiger partial charge in [0.25, 0.3) is 0 Å². The van der Waals surface area contributed by atoms with Gasteiger partial charge in [-0.25, -0.2) is 8.78 Å². The number of carbonyl (C=O) groups is 2. The van der Waals surface area contributed by atoms with Crippen LogP contribution in [0.15, 0.2) is 72.8 Å². The fraction of sp³-hybridized carbons (Fsp3) is 0.0769. The zero-order chi connectivity index (χ0) is 23.1. The predicted octanol–water partition coefficient (Wildman–Crippen LogP) is 5.77. The molecule has 6 heteroatoms. The molecule has 0 unspecified atom stereocenters. The van der Waals surface area contributed by atoms with E-state index in [4.69, 9.17) is 9.47 Å². The van der Waals surface area contributed by atoms with Crippen molar-refractivity contribution in [1.82, 2.24) is 0 Å². The Hall–Kier alpha value is -4.06. The lowest BCUT2D eigenvalue weighted by molar-refractivity contribution is 0.103. The average Bonchev–Trinajstić information content (AvgIpc) is 2.81. The van der Waals surface area contributed by atoms with Gasteiger partial charge in [0.2, 0.25) is 0 Å². The van der Waals surface area contributed by atoms with Crippen molar-refractivity contribution in [3.05, 3.63) is 107 Å². The summed E-state index contributed by atoms with van der Waals surface area (Å²) in [5.74, 6) is -1.66. The topological polar surface area (TPSA) is 52.6 Å². The van der Waals surface area contributed by atoms with Gasteiger partial charge in [0, 0.05) is 12.1 Å². The lowest BCUT2D eigenvalue weighted by Crippen LogP contribution is -1.99. The molecule has 0 amide bonds. The van der Waals surface area contributed by atoms with Crippen molar-refractivity contribution in [2.24, 2.45) is 0 Å². The molecule has 0 radical (unpaired) electrons. The van der Waals surface area contributed by atoms with E-state index >= 15 is 0 Å². The maximum absolute atomic E-state index is 14.1. The molecule has 3 aromatic carbocycles. The SMILES string of the molecule is COc1ccc(C(=O)C=Cc2cccc(C=CC(=O)c3ccc(OC)cc3F)c2)c(F)c1. The number of rotatable bonds is 8. The van der Waals surface area contributed by atoms with Crippen LogP contribution in [-0.2, 0) is 0 Å². The molecule has 0 spiro atoms. The van der Waals surface area contributed by atoms with Gasteiger partial charge in [-0.2, -0.15) is 0 Å². The van der Waals surface area contributed by atoms with Crippen LogP contribution in [0.2, 0.25) is 0 Å². The number of carbonyl (C=O) groups excluding carboxylic acids is 2. The van der Waals surface area contributed by atoms with E-state index in [0.29, 0.717) is 22.6 Å². The Labute approximate surface area is 184 Å². The van der Waals surface area contributed by atoms with Gasteiger partial charge >= 0.3 is 0 Å². The molecule has 0 heterocycles. The summed E-state index contributed by atoms with van der Waals surface area (Å²) in [5.41, 5.74) is 1.23. The first-order chi connectivity index (χ1) is 15.4. The Morgan fingerprint density at radius 3 is 1.50 bits per heavy atom. The number of ketones is 2. The van der Waals surface area contributed by atoms with Crippen molar-refractivity contribution in [2.45, 2.75) is 0 Å². The van der Waals surface area contributed by atoms with Crippen molar-refractivity contribution >= 4 is 23.7 Å². The first kappa shape index (κ1) is 22.6. The summed E-state index contributed by atoms with van der Waals surface area (Å²) in [6.07, 6.45) is 5.64. The summed E-state index contributed by atoms with van der Waals surface area (Å²) < 4.78 is 38.0. The molecule has 0 fully saturated rings. The highest BCUT2D eigenvalue weighted by molar-refractivity contribution is 6.08. The Bertz CT molecular complexity index is 1120. The number of allylic oxidation sites excluding steroid dienone is 2. The smallest absolute Gasteiger partial charge is 0.188 e. The van der Waals surface area contributed by atoms with Crippen molar-refractivity contribution in [1.29, 1.82) is 0 Å². The quantitative estimate of drug-likeness (QED) is 0.333. The summed E-state index contributed by atoms with van der Waals surface area (Å²) in [6.45, 7) is 0. The van der Waals surface area contributed by atoms with Crippen LogP contribution in [-0.4, -0.2) is 25.8 Å². The van der Waals surface area contributed by atoms with E-state index in [1.54, 1.807) is 36.4 Å². The van der Waals surface area contributed by atoms with E-state index in [2.05, 4.69) is 0 Å². The minimum Gasteiger partial charge on any atom is -0.497 e. The third-order valence-corrected chi connectivity index (χ3v) is 4.65. The van der Waals surface area contributed by atoms with Crippen LogP contribution in [0.1, 0.15) is 31.8 Å². The molecule has 0 bridgehead atoms. The molecule has 0 saturated heterocycles. The third-order valence-electron chi connectivity index (χ3n) is 4.65. The second-order valence-electron chi connectivity index (χ2n) is 6.76. The molecule has 3 aromatic rings. The first-order valence-electron chi connectivity index (χ1n) is 9.63. The number of benzene rings is 3. The largest absolute Gasteiger partial charge is 0.497 e. The monoisotopic (exact) mass is 434 g/mol. The summed E-state index contributed by atoms with van der Waals surface area (Å²) in [4.78, 5) is 24.6. The highest BCUT2D eigenvalue weighted by atomic mass is 19.1. The molecule has 3 rings (SSSR count). The maximum atomic E-state index is 14.1. The van der Waals surface area contributed by atoms with Gasteiger partial charge in [-0.15, -0.1) is 0 Å². The molecule has 0 aliphatic rings. The standard InChI is InChI=1S/C26H20F2O4/c1-31-19-8-10-21(23(27)15-19)25(29)12-6-17-4-3-5-18(14-17)7-13-26(30)22-11-9-20(32-2)16-24(22)28/h3-16H,1-2H3. The number of hydrogen-bond acceptors (Lipinski definition) is 4. The van der Waals surface area contributed by atoms with E-state index in [1.807, 2.05) is 0 Å². The third kappa shape index (κ3) is 5.55. The van der Waals surface area contributed by atoms with E-state index in [9.17, 15) is 18.4 Å². The average molecular weight is 434 g/mol. The number of methoxy groups -OCH3 is 2. The number of hydrogen-bond donors (Lipinski definition) is 0. The summed E-state index contributed by atoms with van der Waals surface area (Å²) in [7, 11) is 2.83. The number of halogens is 2. The first-order valence-corrected chi connectivity index (χ1v) is 9.63. The molecule has 0 atom stereocenters. The minimum absolute atomic E-state index is 0.0646. The molecular weight excluding hydrogens is 414 g/mol. The highest BCUT2D eigenvalue weighted by Gasteiger charge is 2.11. The van der Waals surface area contributed by atoms with Crippen LogP contribution in [0.25, 0.3) is 12.2 Å². The zero-order valence-electron chi connectivity index (χ0n) is 17.5. The molecular formula is C26H20F2O4. The molecule has 162 valence electrons. The minimum atomic E-state index is -0.667. The van der Waals surface area contributed by atoms with Crippen molar-refractivity contribution in [3.8, 4) is 11.5 Å². The zero-order valence-corrected chi connectivity index (χ0v) is 17.5. The Balaban J connectivity index is 1.72. The van der Waals surface area contributed by atoms with E-state index < -0.39 is 23.2 Å². The van der Waals surface area contributed by atoms with Crippen LogP contribution in [0.3, 0.4) is 0 Å². The molecule has 0 N–H and O–H groups in total. The fourth-order valence-corrected chi connectivity index (χ4v) is 2.93. The number of ether oxygens (including phenoxy) is 2. The molecule has 0 aromatic heterocycles. The van der Waals surface area contributed by atoms with E-state index in [-0.39, 0.29) is 11.1 Å². The normalized spacial score (nSPS) is 11.1. The van der Waals surface area contributed by atoms with Crippen molar-refractivity contribution in [2.75, 3.05) is 14.2 Å². The lowest BCUT2D eigenvalue weighted by Gasteiger charge is -2.03. The highest BCUT2D eigenvalue weighted by Crippen LogP contribution is 2.19. The van der Waals surface area contributed by atoms with Gasteiger partial charge < -0.3 is 9.47 Å². The second-order valence-corrected chi connectivity index (χ2v) is 6.76. The van der Waals surface area contributed by atoms with Gasteiger partial charge in [-0.05, 0) is 53.6 Å². The van der Waals surface area contributed by atoms with Gasteiger partial charge in [-0.1, -0.05) is 30.4 Å². The maximum Gasteiger partial charge on any atom is 0.188 e. The summed E-state index contributed by atoms with van der Waals surface area (Å²) in [5, 5.41) is 0.